The number of hydrogen-bond acceptors (Lipinski definition) is 3. The van der Waals surface area contributed by atoms with Gasteiger partial charge < -0.3 is 5.73 Å². The van der Waals surface area contributed by atoms with E-state index in [2.05, 4.69) is 19.3 Å². The van der Waals surface area contributed by atoms with Gasteiger partial charge in [0.05, 0.1) is 0 Å². The Bertz CT molecular complexity index is 308. The number of nitrogens with one attached hydrogen (secondary N) is 1. The van der Waals surface area contributed by atoms with Crippen LogP contribution in [0.25, 0.3) is 0 Å². The zero-order valence-corrected chi connectivity index (χ0v) is 10.2. The predicted molar refractivity (Wildman–Crippen MR) is 69.6 cm³/mol. The number of rotatable bonds is 6. The van der Waals surface area contributed by atoms with Crippen molar-refractivity contribution in [2.45, 2.75) is 39.2 Å². The molecule has 5 N–H and O–H groups in total. The van der Waals surface area contributed by atoms with Crippen molar-refractivity contribution in [2.75, 3.05) is 5.73 Å². The molecule has 0 amide bonds. The molecule has 0 heterocycles. The van der Waals surface area contributed by atoms with E-state index in [1.54, 1.807) is 0 Å². The second-order valence-electron chi connectivity index (χ2n) is 4.27. The van der Waals surface area contributed by atoms with Gasteiger partial charge in [-0.3, -0.25) is 11.3 Å². The van der Waals surface area contributed by atoms with Crippen molar-refractivity contribution in [1.29, 1.82) is 0 Å². The predicted octanol–water partition coefficient (Wildman–Crippen LogP) is 2.60. The maximum absolute atomic E-state index is 5.96. The van der Waals surface area contributed by atoms with E-state index in [9.17, 15) is 0 Å². The molecule has 1 aromatic rings. The van der Waals surface area contributed by atoms with Crippen LogP contribution in [-0.4, -0.2) is 0 Å². The van der Waals surface area contributed by atoms with Gasteiger partial charge in [0.1, 0.15) is 0 Å². The first kappa shape index (κ1) is 13.0. The number of hydrazine groups is 1. The van der Waals surface area contributed by atoms with Crippen LogP contribution >= 0.6 is 0 Å². The van der Waals surface area contributed by atoms with Crippen molar-refractivity contribution >= 4 is 5.69 Å². The summed E-state index contributed by atoms with van der Waals surface area (Å²) in [6.45, 7) is 4.44. The van der Waals surface area contributed by atoms with E-state index in [1.807, 2.05) is 24.3 Å². The van der Waals surface area contributed by atoms with E-state index >= 15 is 0 Å². The summed E-state index contributed by atoms with van der Waals surface area (Å²) < 4.78 is 0. The van der Waals surface area contributed by atoms with Crippen LogP contribution in [0.2, 0.25) is 0 Å². The van der Waals surface area contributed by atoms with Gasteiger partial charge >= 0.3 is 0 Å². The van der Waals surface area contributed by atoms with Crippen LogP contribution in [0.1, 0.15) is 44.7 Å². The Morgan fingerprint density at radius 3 is 2.31 bits per heavy atom. The molecule has 0 aromatic heterocycles. The summed E-state index contributed by atoms with van der Waals surface area (Å²) in [5, 5.41) is 0. The molecule has 16 heavy (non-hydrogen) atoms. The monoisotopic (exact) mass is 221 g/mol. The van der Waals surface area contributed by atoms with Crippen molar-refractivity contribution < 1.29 is 0 Å². The first-order chi connectivity index (χ1) is 7.72. The molecule has 0 aliphatic heterocycles. The topological polar surface area (TPSA) is 64.1 Å². The largest absolute Gasteiger partial charge is 0.398 e. The normalized spacial score (nSPS) is 13.0. The highest BCUT2D eigenvalue weighted by Crippen LogP contribution is 2.27. The van der Waals surface area contributed by atoms with Crippen LogP contribution in [0.5, 0.6) is 0 Å². The molecular weight excluding hydrogens is 198 g/mol. The molecule has 0 aliphatic carbocycles. The fraction of sp³-hybridized carbons (Fsp3) is 0.538. The number of nitrogen functional groups attached to an aromatic ring is 1. The number of benzene rings is 1. The van der Waals surface area contributed by atoms with Crippen molar-refractivity contribution in [3.8, 4) is 0 Å². The van der Waals surface area contributed by atoms with E-state index in [4.69, 9.17) is 11.6 Å². The average molecular weight is 221 g/mol. The quantitative estimate of drug-likeness (QED) is 0.393. The summed E-state index contributed by atoms with van der Waals surface area (Å²) in [6.07, 6.45) is 3.40. The average Bonchev–Trinajstić information content (AvgIpc) is 2.32. The molecule has 1 atom stereocenters. The van der Waals surface area contributed by atoms with E-state index in [1.165, 1.54) is 12.8 Å². The molecular formula is C13H23N3. The molecule has 90 valence electrons. The molecule has 1 rings (SSSR count). The van der Waals surface area contributed by atoms with Crippen LogP contribution < -0.4 is 17.0 Å². The summed E-state index contributed by atoms with van der Waals surface area (Å²) in [4.78, 5) is 0. The first-order valence-electron chi connectivity index (χ1n) is 6.03. The molecule has 0 aliphatic rings. The number of nitrogens with two attached hydrogens (primary N) is 2. The van der Waals surface area contributed by atoms with Gasteiger partial charge in [-0.05, 0) is 24.0 Å². The third-order valence-electron chi connectivity index (χ3n) is 3.30. The van der Waals surface area contributed by atoms with E-state index in [0.717, 1.165) is 17.7 Å². The second kappa shape index (κ2) is 6.51. The van der Waals surface area contributed by atoms with Crippen LogP contribution in [0.4, 0.5) is 5.69 Å². The molecule has 0 bridgehead atoms. The summed E-state index contributed by atoms with van der Waals surface area (Å²) in [6, 6.07) is 8.08. The highest BCUT2D eigenvalue weighted by molar-refractivity contribution is 5.48. The van der Waals surface area contributed by atoms with Crippen molar-refractivity contribution in [3.63, 3.8) is 0 Å². The minimum atomic E-state index is 0.158. The molecule has 3 heteroatoms. The van der Waals surface area contributed by atoms with Gasteiger partial charge in [0.2, 0.25) is 0 Å². The second-order valence-corrected chi connectivity index (χ2v) is 4.27. The zero-order valence-electron chi connectivity index (χ0n) is 10.2. The summed E-state index contributed by atoms with van der Waals surface area (Å²) in [7, 11) is 0. The van der Waals surface area contributed by atoms with Gasteiger partial charge in [-0.15, -0.1) is 0 Å². The molecule has 0 saturated carbocycles. The molecule has 0 spiro atoms. The minimum absolute atomic E-state index is 0.158. The third kappa shape index (κ3) is 3.22. The molecule has 1 aromatic carbocycles. The summed E-state index contributed by atoms with van der Waals surface area (Å²) in [5.74, 6) is 6.32. The molecule has 3 nitrogen and oxygen atoms in total. The molecule has 0 radical (unpaired) electrons. The van der Waals surface area contributed by atoms with Gasteiger partial charge in [0.25, 0.3) is 0 Å². The van der Waals surface area contributed by atoms with E-state index in [-0.39, 0.29) is 6.04 Å². The lowest BCUT2D eigenvalue weighted by atomic mass is 9.91. The van der Waals surface area contributed by atoms with Gasteiger partial charge in [0, 0.05) is 11.7 Å². The highest BCUT2D eigenvalue weighted by Gasteiger charge is 2.16. The lowest BCUT2D eigenvalue weighted by Crippen LogP contribution is -2.30. The summed E-state index contributed by atoms with van der Waals surface area (Å²) in [5.41, 5.74) is 10.8. The van der Waals surface area contributed by atoms with Crippen LogP contribution in [-0.2, 0) is 0 Å². The number of hydrogen-bond donors (Lipinski definition) is 3. The van der Waals surface area contributed by atoms with Gasteiger partial charge in [-0.1, -0.05) is 44.9 Å². The van der Waals surface area contributed by atoms with Crippen LogP contribution in [0, 0.1) is 5.92 Å². The smallest absolute Gasteiger partial charge is 0.0482 e. The lowest BCUT2D eigenvalue weighted by molar-refractivity contribution is 0.375. The zero-order chi connectivity index (χ0) is 12.0. The fourth-order valence-electron chi connectivity index (χ4n) is 2.07. The lowest BCUT2D eigenvalue weighted by Gasteiger charge is -2.22. The van der Waals surface area contributed by atoms with E-state index in [0.29, 0.717) is 5.92 Å². The van der Waals surface area contributed by atoms with Gasteiger partial charge in [0.15, 0.2) is 0 Å². The Balaban J connectivity index is 2.78. The fourth-order valence-corrected chi connectivity index (χ4v) is 2.07. The maximum Gasteiger partial charge on any atom is 0.0482 e. The Labute approximate surface area is 98.2 Å². The minimum Gasteiger partial charge on any atom is -0.398 e. The standard InChI is InChI=1S/C13H23N3/c1-3-10(4-2)9-13(16-15)11-7-5-6-8-12(11)14/h5-8,10,13,16H,3-4,9,14-15H2,1-2H3. The SMILES string of the molecule is CCC(CC)CC(NN)c1ccccc1N. The van der Waals surface area contributed by atoms with Crippen molar-refractivity contribution in [3.05, 3.63) is 29.8 Å². The summed E-state index contributed by atoms with van der Waals surface area (Å²) >= 11 is 0. The number of anilines is 1. The molecule has 0 saturated heterocycles. The van der Waals surface area contributed by atoms with Crippen molar-refractivity contribution in [2.24, 2.45) is 11.8 Å². The van der Waals surface area contributed by atoms with E-state index < -0.39 is 0 Å². The Kier molecular flexibility index (Phi) is 5.29. The van der Waals surface area contributed by atoms with Gasteiger partial charge in [-0.25, -0.2) is 0 Å². The van der Waals surface area contributed by atoms with Crippen molar-refractivity contribution in [1.82, 2.24) is 5.43 Å². The Hall–Kier alpha value is -1.06. The Morgan fingerprint density at radius 1 is 1.19 bits per heavy atom. The molecule has 1 unspecified atom stereocenters. The Morgan fingerprint density at radius 2 is 1.81 bits per heavy atom. The van der Waals surface area contributed by atoms with Crippen LogP contribution in [0.15, 0.2) is 24.3 Å². The maximum atomic E-state index is 5.96. The van der Waals surface area contributed by atoms with Crippen LogP contribution in [0.3, 0.4) is 0 Å². The first-order valence-corrected chi connectivity index (χ1v) is 6.03. The third-order valence-corrected chi connectivity index (χ3v) is 3.30. The van der Waals surface area contributed by atoms with Gasteiger partial charge in [-0.2, -0.15) is 0 Å². The molecule has 0 fully saturated rings. The highest BCUT2D eigenvalue weighted by atomic mass is 15.2. The number of para-hydroxylation sites is 1.